The monoisotopic (exact) mass is 290 g/mol. The molecule has 110 valence electrons. The highest BCUT2D eigenvalue weighted by molar-refractivity contribution is 5.81. The molecule has 0 bridgehead atoms. The van der Waals surface area contributed by atoms with Gasteiger partial charge in [-0.15, -0.1) is 0 Å². The Hall–Kier alpha value is -2.88. The van der Waals surface area contributed by atoms with Gasteiger partial charge in [-0.3, -0.25) is 9.98 Å². The van der Waals surface area contributed by atoms with Crippen LogP contribution < -0.4 is 0 Å². The molecule has 0 spiro atoms. The Labute approximate surface area is 129 Å². The average Bonchev–Trinajstić information content (AvgIpc) is 3.12. The van der Waals surface area contributed by atoms with Crippen LogP contribution in [0.3, 0.4) is 0 Å². The van der Waals surface area contributed by atoms with Crippen molar-refractivity contribution in [1.82, 2.24) is 9.97 Å². The smallest absolute Gasteiger partial charge is 0.0632 e. The molecule has 0 saturated carbocycles. The van der Waals surface area contributed by atoms with Crippen LogP contribution in [-0.4, -0.2) is 22.4 Å². The molecule has 3 rings (SSSR count). The number of aromatic nitrogens is 2. The molecule has 0 atom stereocenters. The zero-order valence-electron chi connectivity index (χ0n) is 12.7. The summed E-state index contributed by atoms with van der Waals surface area (Å²) in [6, 6.07) is 15.9. The molecule has 2 N–H and O–H groups in total. The highest BCUT2D eigenvalue weighted by atomic mass is 14.8. The molecule has 3 aromatic rings. The Bertz CT molecular complexity index is 734. The fraction of sp³-hybridized carbons (Fsp3) is 0.111. The normalized spacial score (nSPS) is 11.7. The molecular weight excluding hydrogens is 272 g/mol. The fourth-order valence-corrected chi connectivity index (χ4v) is 2.12. The minimum Gasteiger partial charge on any atom is -0.358 e. The van der Waals surface area contributed by atoms with Gasteiger partial charge in [-0.25, -0.2) is 0 Å². The maximum absolute atomic E-state index is 4.44. The van der Waals surface area contributed by atoms with Crippen molar-refractivity contribution in [3.05, 3.63) is 71.3 Å². The molecule has 0 amide bonds. The molecule has 2 heterocycles. The molecule has 0 unspecified atom stereocenters. The van der Waals surface area contributed by atoms with Gasteiger partial charge in [0.25, 0.3) is 0 Å². The van der Waals surface area contributed by atoms with Crippen molar-refractivity contribution in [2.24, 2.45) is 9.98 Å². The number of hydrogen-bond donors (Lipinski definition) is 2. The van der Waals surface area contributed by atoms with Gasteiger partial charge >= 0.3 is 0 Å². The number of aliphatic imine (C=N–C) groups is 2. The summed E-state index contributed by atoms with van der Waals surface area (Å²) in [4.78, 5) is 15.3. The summed E-state index contributed by atoms with van der Waals surface area (Å²) in [7, 11) is 0. The lowest BCUT2D eigenvalue weighted by molar-refractivity contribution is 1.25. The van der Waals surface area contributed by atoms with Gasteiger partial charge in [-0.2, -0.15) is 0 Å². The number of hydrogen-bond acceptors (Lipinski definition) is 2. The molecule has 2 aromatic heterocycles. The summed E-state index contributed by atoms with van der Waals surface area (Å²) in [6.45, 7) is 4.05. The maximum Gasteiger partial charge on any atom is 0.0632 e. The van der Waals surface area contributed by atoms with E-state index in [-0.39, 0.29) is 0 Å². The standard InChI is InChI=1S/C18H18N4/c1-13-3-5-17(21-13)11-19-15-7-9-16(10-8-15)20-12-18-6-4-14(2)22-18/h3-12,21-22H,1-2H3/b19-11+,20-12+. The third-order valence-corrected chi connectivity index (χ3v) is 3.26. The van der Waals surface area contributed by atoms with Crippen LogP contribution in [-0.2, 0) is 0 Å². The van der Waals surface area contributed by atoms with E-state index in [9.17, 15) is 0 Å². The number of H-pyrrole nitrogens is 2. The van der Waals surface area contributed by atoms with E-state index in [1.165, 1.54) is 0 Å². The first-order valence-electron chi connectivity index (χ1n) is 7.18. The predicted molar refractivity (Wildman–Crippen MR) is 92.0 cm³/mol. The first-order chi connectivity index (χ1) is 10.7. The van der Waals surface area contributed by atoms with Gasteiger partial charge in [-0.1, -0.05) is 0 Å². The zero-order chi connectivity index (χ0) is 15.4. The molecule has 4 heteroatoms. The van der Waals surface area contributed by atoms with E-state index in [0.717, 1.165) is 34.2 Å². The fourth-order valence-electron chi connectivity index (χ4n) is 2.12. The van der Waals surface area contributed by atoms with Crippen LogP contribution in [0.15, 0.2) is 58.5 Å². The van der Waals surface area contributed by atoms with Crippen molar-refractivity contribution in [1.29, 1.82) is 0 Å². The Kier molecular flexibility index (Phi) is 4.01. The topological polar surface area (TPSA) is 56.3 Å². The Morgan fingerprint density at radius 2 is 1.05 bits per heavy atom. The lowest BCUT2D eigenvalue weighted by atomic mass is 10.3. The SMILES string of the molecule is Cc1ccc(/C=N/c2ccc(/N=C/c3ccc(C)[nH]3)cc2)[nH]1. The van der Waals surface area contributed by atoms with Gasteiger partial charge in [0.1, 0.15) is 0 Å². The largest absolute Gasteiger partial charge is 0.358 e. The molecule has 0 saturated heterocycles. The van der Waals surface area contributed by atoms with E-state index >= 15 is 0 Å². The number of nitrogens with zero attached hydrogens (tertiary/aromatic N) is 2. The zero-order valence-corrected chi connectivity index (χ0v) is 12.7. The van der Waals surface area contributed by atoms with Crippen molar-refractivity contribution in [3.8, 4) is 0 Å². The molecule has 0 fully saturated rings. The van der Waals surface area contributed by atoms with E-state index in [1.807, 2.05) is 74.8 Å². The number of benzene rings is 1. The highest BCUT2D eigenvalue weighted by Crippen LogP contribution is 2.18. The minimum atomic E-state index is 0.905. The van der Waals surface area contributed by atoms with Crippen molar-refractivity contribution in [2.75, 3.05) is 0 Å². The molecule has 4 nitrogen and oxygen atoms in total. The second-order valence-electron chi connectivity index (χ2n) is 5.23. The molecule has 22 heavy (non-hydrogen) atoms. The third kappa shape index (κ3) is 3.61. The van der Waals surface area contributed by atoms with Crippen LogP contribution in [0.5, 0.6) is 0 Å². The summed E-state index contributed by atoms with van der Waals surface area (Å²) in [6.07, 6.45) is 3.65. The van der Waals surface area contributed by atoms with Crippen LogP contribution in [0.4, 0.5) is 11.4 Å². The van der Waals surface area contributed by atoms with Gasteiger partial charge in [0.15, 0.2) is 0 Å². The summed E-state index contributed by atoms with van der Waals surface area (Å²) in [5.74, 6) is 0. The molecular formula is C18H18N4. The van der Waals surface area contributed by atoms with Gasteiger partial charge < -0.3 is 9.97 Å². The molecule has 1 aromatic carbocycles. The van der Waals surface area contributed by atoms with Gasteiger partial charge in [0, 0.05) is 11.4 Å². The lowest BCUT2D eigenvalue weighted by Gasteiger charge is -1.95. The summed E-state index contributed by atoms with van der Waals surface area (Å²) < 4.78 is 0. The van der Waals surface area contributed by atoms with Crippen molar-refractivity contribution in [2.45, 2.75) is 13.8 Å². The second kappa shape index (κ2) is 6.26. The van der Waals surface area contributed by atoms with Crippen LogP contribution in [0.1, 0.15) is 22.8 Å². The van der Waals surface area contributed by atoms with Crippen LogP contribution in [0.25, 0.3) is 0 Å². The summed E-state index contributed by atoms with van der Waals surface area (Å²) in [5.41, 5.74) is 6.07. The van der Waals surface area contributed by atoms with Gasteiger partial charge in [0.05, 0.1) is 35.2 Å². The number of aromatic amines is 2. The van der Waals surface area contributed by atoms with Crippen molar-refractivity contribution >= 4 is 23.8 Å². The summed E-state index contributed by atoms with van der Waals surface area (Å²) in [5, 5.41) is 0. The first kappa shape index (κ1) is 14.1. The third-order valence-electron chi connectivity index (χ3n) is 3.26. The molecule has 0 aliphatic carbocycles. The van der Waals surface area contributed by atoms with Crippen LogP contribution >= 0.6 is 0 Å². The number of aryl methyl sites for hydroxylation is 2. The highest BCUT2D eigenvalue weighted by Gasteiger charge is 1.94. The average molecular weight is 290 g/mol. The van der Waals surface area contributed by atoms with E-state index in [2.05, 4.69) is 20.0 Å². The second-order valence-corrected chi connectivity index (χ2v) is 5.23. The molecule has 0 radical (unpaired) electrons. The van der Waals surface area contributed by atoms with E-state index in [4.69, 9.17) is 0 Å². The Balaban J connectivity index is 1.67. The Morgan fingerprint density at radius 3 is 1.36 bits per heavy atom. The van der Waals surface area contributed by atoms with Crippen LogP contribution in [0, 0.1) is 13.8 Å². The number of rotatable bonds is 4. The molecule has 0 aliphatic rings. The van der Waals surface area contributed by atoms with E-state index in [1.54, 1.807) is 0 Å². The van der Waals surface area contributed by atoms with Gasteiger partial charge in [0.2, 0.25) is 0 Å². The summed E-state index contributed by atoms with van der Waals surface area (Å²) >= 11 is 0. The van der Waals surface area contributed by atoms with Gasteiger partial charge in [-0.05, 0) is 62.4 Å². The minimum absolute atomic E-state index is 0.905. The lowest BCUT2D eigenvalue weighted by Crippen LogP contribution is -1.80. The quantitative estimate of drug-likeness (QED) is 0.667. The van der Waals surface area contributed by atoms with Crippen LogP contribution in [0.2, 0.25) is 0 Å². The Morgan fingerprint density at radius 1 is 0.636 bits per heavy atom. The number of nitrogens with one attached hydrogen (secondary N) is 2. The van der Waals surface area contributed by atoms with Crippen molar-refractivity contribution < 1.29 is 0 Å². The first-order valence-corrected chi connectivity index (χ1v) is 7.18. The predicted octanol–water partition coefficient (Wildman–Crippen LogP) is 4.46. The maximum atomic E-state index is 4.44. The van der Waals surface area contributed by atoms with E-state index < -0.39 is 0 Å². The molecule has 0 aliphatic heterocycles. The van der Waals surface area contributed by atoms with E-state index in [0.29, 0.717) is 0 Å². The van der Waals surface area contributed by atoms with Crippen molar-refractivity contribution in [3.63, 3.8) is 0 Å².